The van der Waals surface area contributed by atoms with Crippen LogP contribution in [0.2, 0.25) is 10.0 Å². The summed E-state index contributed by atoms with van der Waals surface area (Å²) in [4.78, 5) is 1.18. The van der Waals surface area contributed by atoms with Crippen LogP contribution < -0.4 is 0 Å². The van der Waals surface area contributed by atoms with Crippen LogP contribution in [0.1, 0.15) is 0 Å². The summed E-state index contributed by atoms with van der Waals surface area (Å²) in [6.07, 6.45) is 2.03. The molecule has 2 aromatic rings. The van der Waals surface area contributed by atoms with E-state index in [2.05, 4.69) is 6.07 Å². The van der Waals surface area contributed by atoms with Crippen molar-refractivity contribution in [1.29, 1.82) is 0 Å². The van der Waals surface area contributed by atoms with Crippen LogP contribution in [0.25, 0.3) is 10.1 Å². The zero-order chi connectivity index (χ0) is 9.42. The normalized spacial score (nSPS) is 11.0. The summed E-state index contributed by atoms with van der Waals surface area (Å²) in [5.41, 5.74) is 0. The van der Waals surface area contributed by atoms with Crippen molar-refractivity contribution in [3.8, 4) is 0 Å². The third kappa shape index (κ3) is 1.68. The Bertz CT molecular complexity index is 448. The van der Waals surface area contributed by atoms with Crippen molar-refractivity contribution in [2.24, 2.45) is 0 Å². The molecule has 1 aromatic heterocycles. The van der Waals surface area contributed by atoms with Crippen LogP contribution in [0.4, 0.5) is 0 Å². The summed E-state index contributed by atoms with van der Waals surface area (Å²) in [7, 11) is 0. The first-order valence-corrected chi connectivity index (χ1v) is 6.48. The fourth-order valence-electron chi connectivity index (χ4n) is 1.17. The van der Waals surface area contributed by atoms with Crippen molar-refractivity contribution in [2.75, 3.05) is 6.26 Å². The number of benzene rings is 1. The van der Waals surface area contributed by atoms with Gasteiger partial charge >= 0.3 is 0 Å². The molecule has 0 saturated heterocycles. The van der Waals surface area contributed by atoms with Gasteiger partial charge in [-0.3, -0.25) is 0 Å². The molecular weight excluding hydrogens is 243 g/mol. The Morgan fingerprint density at radius 2 is 2.00 bits per heavy atom. The Morgan fingerprint density at radius 1 is 1.23 bits per heavy atom. The maximum Gasteiger partial charge on any atom is 0.0606 e. The molecule has 0 N–H and O–H groups in total. The molecule has 13 heavy (non-hydrogen) atoms. The van der Waals surface area contributed by atoms with Gasteiger partial charge in [-0.2, -0.15) is 0 Å². The van der Waals surface area contributed by atoms with Gasteiger partial charge in [-0.05, 0) is 18.4 Å². The summed E-state index contributed by atoms with van der Waals surface area (Å²) in [6, 6.07) is 4.07. The van der Waals surface area contributed by atoms with Crippen molar-refractivity contribution < 1.29 is 0 Å². The van der Waals surface area contributed by atoms with Gasteiger partial charge in [0.15, 0.2) is 0 Å². The Labute approximate surface area is 94.8 Å². The van der Waals surface area contributed by atoms with Gasteiger partial charge in [-0.1, -0.05) is 23.2 Å². The van der Waals surface area contributed by atoms with E-state index in [1.807, 2.05) is 17.7 Å². The molecule has 0 spiro atoms. The van der Waals surface area contributed by atoms with E-state index in [-0.39, 0.29) is 0 Å². The molecule has 0 nitrogen and oxygen atoms in total. The van der Waals surface area contributed by atoms with Gasteiger partial charge in [0.1, 0.15) is 0 Å². The quantitative estimate of drug-likeness (QED) is 0.646. The SMILES string of the molecule is CSc1cc(Cl)c2c(Cl)csc2c1. The van der Waals surface area contributed by atoms with Crippen LogP contribution in [0.5, 0.6) is 0 Å². The van der Waals surface area contributed by atoms with Gasteiger partial charge in [0.25, 0.3) is 0 Å². The first-order chi connectivity index (χ1) is 6.22. The summed E-state index contributed by atoms with van der Waals surface area (Å²) < 4.78 is 1.15. The summed E-state index contributed by atoms with van der Waals surface area (Å²) in [5, 5.41) is 4.39. The molecule has 0 saturated carbocycles. The van der Waals surface area contributed by atoms with Crippen molar-refractivity contribution in [2.45, 2.75) is 4.90 Å². The molecule has 0 fully saturated rings. The number of fused-ring (bicyclic) bond motifs is 1. The zero-order valence-electron chi connectivity index (χ0n) is 6.80. The lowest BCUT2D eigenvalue weighted by atomic mass is 10.3. The maximum absolute atomic E-state index is 6.10. The average molecular weight is 249 g/mol. The van der Waals surface area contributed by atoms with Crippen molar-refractivity contribution in [3.05, 3.63) is 27.6 Å². The topological polar surface area (TPSA) is 0 Å². The molecule has 68 valence electrons. The number of halogens is 2. The predicted octanol–water partition coefficient (Wildman–Crippen LogP) is 4.93. The highest BCUT2D eigenvalue weighted by molar-refractivity contribution is 7.98. The monoisotopic (exact) mass is 248 g/mol. The standard InChI is InChI=1S/C9H6Cl2S2/c1-12-5-2-6(10)9-7(11)4-13-8(9)3-5/h2-4H,1H3. The Morgan fingerprint density at radius 3 is 2.69 bits per heavy atom. The minimum absolute atomic E-state index is 0.744. The number of rotatable bonds is 1. The second kappa shape index (κ2) is 3.70. The lowest BCUT2D eigenvalue weighted by Crippen LogP contribution is -1.72. The van der Waals surface area contributed by atoms with Gasteiger partial charge in [-0.15, -0.1) is 23.1 Å². The largest absolute Gasteiger partial charge is 0.142 e. The van der Waals surface area contributed by atoms with Crippen molar-refractivity contribution in [1.82, 2.24) is 0 Å². The Kier molecular flexibility index (Phi) is 2.75. The molecule has 0 radical (unpaired) electrons. The molecule has 0 aliphatic heterocycles. The molecule has 0 bridgehead atoms. The highest BCUT2D eigenvalue weighted by atomic mass is 35.5. The Balaban J connectivity index is 2.79. The number of thioether (sulfide) groups is 1. The van der Waals surface area contributed by atoms with Gasteiger partial charge < -0.3 is 0 Å². The number of thiophene rings is 1. The minimum Gasteiger partial charge on any atom is -0.142 e. The molecule has 0 amide bonds. The van der Waals surface area contributed by atoms with Crippen molar-refractivity contribution >= 4 is 56.4 Å². The molecule has 2 rings (SSSR count). The first-order valence-electron chi connectivity index (χ1n) is 3.62. The van der Waals surface area contributed by atoms with E-state index in [0.29, 0.717) is 0 Å². The second-order valence-corrected chi connectivity index (χ2v) is 5.17. The highest BCUT2D eigenvalue weighted by Crippen LogP contribution is 2.37. The van der Waals surface area contributed by atoms with E-state index in [0.717, 1.165) is 20.1 Å². The number of hydrogen-bond donors (Lipinski definition) is 0. The molecule has 0 atom stereocenters. The van der Waals surface area contributed by atoms with Crippen LogP contribution in [0.15, 0.2) is 22.4 Å². The summed E-state index contributed by atoms with van der Waals surface area (Å²) in [6.45, 7) is 0. The molecule has 0 aliphatic rings. The minimum atomic E-state index is 0.744. The molecular formula is C9H6Cl2S2. The first kappa shape index (κ1) is 9.66. The highest BCUT2D eigenvalue weighted by Gasteiger charge is 2.07. The lowest BCUT2D eigenvalue weighted by Gasteiger charge is -1.99. The van der Waals surface area contributed by atoms with E-state index in [4.69, 9.17) is 23.2 Å². The van der Waals surface area contributed by atoms with Gasteiger partial charge in [0.2, 0.25) is 0 Å². The fourth-order valence-corrected chi connectivity index (χ4v) is 3.49. The maximum atomic E-state index is 6.10. The van der Waals surface area contributed by atoms with Gasteiger partial charge in [-0.25, -0.2) is 0 Å². The predicted molar refractivity (Wildman–Crippen MR) is 63.6 cm³/mol. The van der Waals surface area contributed by atoms with Crippen molar-refractivity contribution in [3.63, 3.8) is 0 Å². The van der Waals surface area contributed by atoms with Gasteiger partial charge in [0.05, 0.1) is 10.0 Å². The third-order valence-corrected chi connectivity index (χ3v) is 4.15. The zero-order valence-corrected chi connectivity index (χ0v) is 9.95. The third-order valence-electron chi connectivity index (χ3n) is 1.79. The molecule has 0 aliphatic carbocycles. The van der Waals surface area contributed by atoms with Crippen LogP contribution in [0, 0.1) is 0 Å². The Hall–Kier alpha value is 0.110. The van der Waals surface area contributed by atoms with Crippen LogP contribution in [-0.4, -0.2) is 6.26 Å². The lowest BCUT2D eigenvalue weighted by molar-refractivity contribution is 1.53. The fraction of sp³-hybridized carbons (Fsp3) is 0.111. The van der Waals surface area contributed by atoms with Crippen LogP contribution in [-0.2, 0) is 0 Å². The smallest absolute Gasteiger partial charge is 0.0606 e. The summed E-state index contributed by atoms with van der Waals surface area (Å²) >= 11 is 15.4. The molecule has 1 heterocycles. The van der Waals surface area contributed by atoms with E-state index < -0.39 is 0 Å². The second-order valence-electron chi connectivity index (χ2n) is 2.57. The van der Waals surface area contributed by atoms with Crippen LogP contribution >= 0.6 is 46.3 Å². The average Bonchev–Trinajstić information content (AvgIpc) is 2.48. The molecule has 4 heteroatoms. The van der Waals surface area contributed by atoms with E-state index in [1.165, 1.54) is 4.90 Å². The summed E-state index contributed by atoms with van der Waals surface area (Å²) in [5.74, 6) is 0. The van der Waals surface area contributed by atoms with Gasteiger partial charge in [0, 0.05) is 20.4 Å². The molecule has 1 aromatic carbocycles. The van der Waals surface area contributed by atoms with Crippen LogP contribution in [0.3, 0.4) is 0 Å². The van der Waals surface area contributed by atoms with E-state index >= 15 is 0 Å². The molecule has 0 unspecified atom stereocenters. The number of hydrogen-bond acceptors (Lipinski definition) is 2. The van der Waals surface area contributed by atoms with E-state index in [9.17, 15) is 0 Å². The van der Waals surface area contributed by atoms with E-state index in [1.54, 1.807) is 23.1 Å².